The number of ketones is 1. The van der Waals surface area contributed by atoms with Gasteiger partial charge in [-0.25, -0.2) is 0 Å². The first-order chi connectivity index (χ1) is 10.1. The molecule has 0 radical (unpaired) electrons. The SMILES string of the molecule is CC1Cc2cc(CC(=O)C(C)N3CCOCC3)ccc2O1. The Balaban J connectivity index is 1.63. The van der Waals surface area contributed by atoms with Gasteiger partial charge in [0.05, 0.1) is 19.3 Å². The summed E-state index contributed by atoms with van der Waals surface area (Å²) in [6.45, 7) is 7.24. The Hall–Kier alpha value is -1.39. The molecule has 2 aliphatic rings. The predicted molar refractivity (Wildman–Crippen MR) is 80.8 cm³/mol. The predicted octanol–water partition coefficient (Wildman–Crippen LogP) is 1.84. The first kappa shape index (κ1) is 14.5. The van der Waals surface area contributed by atoms with Crippen LogP contribution in [0.25, 0.3) is 0 Å². The lowest BCUT2D eigenvalue weighted by Crippen LogP contribution is -2.46. The van der Waals surface area contributed by atoms with E-state index in [1.807, 2.05) is 19.1 Å². The zero-order valence-electron chi connectivity index (χ0n) is 12.8. The first-order valence-electron chi connectivity index (χ1n) is 7.76. The molecule has 0 amide bonds. The van der Waals surface area contributed by atoms with Crippen LogP contribution in [0.5, 0.6) is 5.75 Å². The molecule has 2 heterocycles. The minimum absolute atomic E-state index is 0.0303. The van der Waals surface area contributed by atoms with Crippen LogP contribution in [0.2, 0.25) is 0 Å². The van der Waals surface area contributed by atoms with Crippen molar-refractivity contribution in [1.82, 2.24) is 4.90 Å². The minimum Gasteiger partial charge on any atom is -0.490 e. The van der Waals surface area contributed by atoms with E-state index in [4.69, 9.17) is 9.47 Å². The molecule has 2 aliphatic heterocycles. The maximum Gasteiger partial charge on any atom is 0.154 e. The molecule has 0 spiro atoms. The van der Waals surface area contributed by atoms with Crippen molar-refractivity contribution in [2.45, 2.75) is 38.8 Å². The van der Waals surface area contributed by atoms with Crippen LogP contribution < -0.4 is 4.74 Å². The van der Waals surface area contributed by atoms with Crippen LogP contribution >= 0.6 is 0 Å². The van der Waals surface area contributed by atoms with E-state index in [0.29, 0.717) is 6.42 Å². The normalized spacial score (nSPS) is 23.4. The van der Waals surface area contributed by atoms with Crippen LogP contribution in [0.15, 0.2) is 18.2 Å². The van der Waals surface area contributed by atoms with E-state index in [-0.39, 0.29) is 17.9 Å². The first-order valence-corrected chi connectivity index (χ1v) is 7.76. The summed E-state index contributed by atoms with van der Waals surface area (Å²) in [5.74, 6) is 1.25. The van der Waals surface area contributed by atoms with Gasteiger partial charge in [0.2, 0.25) is 0 Å². The summed E-state index contributed by atoms with van der Waals surface area (Å²) in [6.07, 6.45) is 1.69. The molecule has 4 nitrogen and oxygen atoms in total. The number of rotatable bonds is 4. The molecular formula is C17H23NO3. The maximum absolute atomic E-state index is 12.5. The number of hydrogen-bond acceptors (Lipinski definition) is 4. The third kappa shape index (κ3) is 3.27. The summed E-state index contributed by atoms with van der Waals surface area (Å²) in [6, 6.07) is 6.11. The van der Waals surface area contributed by atoms with Gasteiger partial charge in [-0.2, -0.15) is 0 Å². The Morgan fingerprint density at radius 3 is 2.90 bits per heavy atom. The lowest BCUT2D eigenvalue weighted by Gasteiger charge is -2.31. The molecule has 21 heavy (non-hydrogen) atoms. The van der Waals surface area contributed by atoms with Crippen LogP contribution in [0.3, 0.4) is 0 Å². The molecule has 1 aromatic rings. The van der Waals surface area contributed by atoms with Crippen molar-refractivity contribution in [2.75, 3.05) is 26.3 Å². The molecule has 2 unspecified atom stereocenters. The van der Waals surface area contributed by atoms with Crippen molar-refractivity contribution in [3.63, 3.8) is 0 Å². The molecule has 2 atom stereocenters. The number of morpholine rings is 1. The number of hydrogen-bond donors (Lipinski definition) is 0. The second-order valence-electron chi connectivity index (χ2n) is 6.04. The number of Topliss-reactive ketones (excluding diaryl/α,β-unsaturated/α-hetero) is 1. The Morgan fingerprint density at radius 1 is 1.38 bits per heavy atom. The summed E-state index contributed by atoms with van der Waals surface area (Å²) < 4.78 is 11.0. The molecule has 0 aromatic heterocycles. The average molecular weight is 289 g/mol. The van der Waals surface area contributed by atoms with Gasteiger partial charge in [-0.1, -0.05) is 12.1 Å². The van der Waals surface area contributed by atoms with E-state index in [1.54, 1.807) is 0 Å². The lowest BCUT2D eigenvalue weighted by molar-refractivity contribution is -0.124. The molecule has 114 valence electrons. The zero-order chi connectivity index (χ0) is 14.8. The number of ether oxygens (including phenoxy) is 2. The fourth-order valence-corrected chi connectivity index (χ4v) is 3.10. The second-order valence-corrected chi connectivity index (χ2v) is 6.04. The lowest BCUT2D eigenvalue weighted by atomic mass is 10.00. The van der Waals surface area contributed by atoms with Gasteiger partial charge in [-0.05, 0) is 31.0 Å². The van der Waals surface area contributed by atoms with Crippen molar-refractivity contribution in [3.8, 4) is 5.75 Å². The van der Waals surface area contributed by atoms with Gasteiger partial charge in [-0.15, -0.1) is 0 Å². The van der Waals surface area contributed by atoms with Gasteiger partial charge in [0.25, 0.3) is 0 Å². The number of benzene rings is 1. The Morgan fingerprint density at radius 2 is 2.14 bits per heavy atom. The highest BCUT2D eigenvalue weighted by atomic mass is 16.5. The van der Waals surface area contributed by atoms with Gasteiger partial charge in [0, 0.05) is 25.9 Å². The van der Waals surface area contributed by atoms with E-state index in [0.717, 1.165) is 44.0 Å². The van der Waals surface area contributed by atoms with E-state index in [9.17, 15) is 4.79 Å². The summed E-state index contributed by atoms with van der Waals surface area (Å²) in [7, 11) is 0. The summed E-state index contributed by atoms with van der Waals surface area (Å²) >= 11 is 0. The molecule has 1 fully saturated rings. The zero-order valence-corrected chi connectivity index (χ0v) is 12.8. The molecule has 1 aromatic carbocycles. The topological polar surface area (TPSA) is 38.8 Å². The van der Waals surface area contributed by atoms with E-state index < -0.39 is 0 Å². The standard InChI is InChI=1S/C17H23NO3/c1-12-9-15-10-14(3-4-17(15)21-12)11-16(19)13(2)18-5-7-20-8-6-18/h3-4,10,12-13H,5-9,11H2,1-2H3. The number of nitrogens with zero attached hydrogens (tertiary/aromatic N) is 1. The summed E-state index contributed by atoms with van der Waals surface area (Å²) in [4.78, 5) is 14.7. The fourth-order valence-electron chi connectivity index (χ4n) is 3.10. The molecule has 0 saturated carbocycles. The number of fused-ring (bicyclic) bond motifs is 1. The van der Waals surface area contributed by atoms with Crippen LogP contribution in [0.4, 0.5) is 0 Å². The Bertz CT molecular complexity index is 523. The largest absolute Gasteiger partial charge is 0.490 e. The second kappa shape index (κ2) is 6.16. The monoisotopic (exact) mass is 289 g/mol. The fraction of sp³-hybridized carbons (Fsp3) is 0.588. The Kier molecular flexibility index (Phi) is 4.27. The van der Waals surface area contributed by atoms with E-state index in [1.165, 1.54) is 5.56 Å². The van der Waals surface area contributed by atoms with Gasteiger partial charge in [0.1, 0.15) is 11.9 Å². The van der Waals surface area contributed by atoms with Crippen molar-refractivity contribution in [3.05, 3.63) is 29.3 Å². The van der Waals surface area contributed by atoms with Crippen LogP contribution in [0, 0.1) is 0 Å². The highest BCUT2D eigenvalue weighted by Crippen LogP contribution is 2.29. The van der Waals surface area contributed by atoms with Crippen molar-refractivity contribution >= 4 is 5.78 Å². The molecule has 3 rings (SSSR count). The van der Waals surface area contributed by atoms with Gasteiger partial charge in [0.15, 0.2) is 5.78 Å². The minimum atomic E-state index is -0.0303. The molecule has 1 saturated heterocycles. The highest BCUT2D eigenvalue weighted by Gasteiger charge is 2.24. The average Bonchev–Trinajstić information content (AvgIpc) is 2.86. The van der Waals surface area contributed by atoms with Crippen molar-refractivity contribution < 1.29 is 14.3 Å². The van der Waals surface area contributed by atoms with Gasteiger partial charge < -0.3 is 9.47 Å². The van der Waals surface area contributed by atoms with E-state index >= 15 is 0 Å². The summed E-state index contributed by atoms with van der Waals surface area (Å²) in [5, 5.41) is 0. The van der Waals surface area contributed by atoms with Gasteiger partial charge >= 0.3 is 0 Å². The third-order valence-corrected chi connectivity index (χ3v) is 4.40. The molecule has 0 bridgehead atoms. The molecule has 0 N–H and O–H groups in total. The summed E-state index contributed by atoms with van der Waals surface area (Å²) in [5.41, 5.74) is 2.32. The van der Waals surface area contributed by atoms with Crippen molar-refractivity contribution in [1.29, 1.82) is 0 Å². The highest BCUT2D eigenvalue weighted by molar-refractivity contribution is 5.85. The van der Waals surface area contributed by atoms with Crippen LogP contribution in [0.1, 0.15) is 25.0 Å². The van der Waals surface area contributed by atoms with Crippen LogP contribution in [-0.4, -0.2) is 49.1 Å². The maximum atomic E-state index is 12.5. The molecule has 0 aliphatic carbocycles. The molecular weight excluding hydrogens is 266 g/mol. The Labute approximate surface area is 126 Å². The van der Waals surface area contributed by atoms with E-state index in [2.05, 4.69) is 17.9 Å². The number of carbonyl (C=O) groups excluding carboxylic acids is 1. The van der Waals surface area contributed by atoms with Crippen molar-refractivity contribution in [2.24, 2.45) is 0 Å². The number of carbonyl (C=O) groups is 1. The van der Waals surface area contributed by atoms with Gasteiger partial charge in [-0.3, -0.25) is 9.69 Å². The van der Waals surface area contributed by atoms with Crippen LogP contribution in [-0.2, 0) is 22.4 Å². The molecule has 4 heteroatoms. The smallest absolute Gasteiger partial charge is 0.154 e. The quantitative estimate of drug-likeness (QED) is 0.848. The third-order valence-electron chi connectivity index (χ3n) is 4.40.